The van der Waals surface area contributed by atoms with Crippen molar-refractivity contribution in [2.75, 3.05) is 11.9 Å². The van der Waals surface area contributed by atoms with Crippen molar-refractivity contribution in [3.8, 4) is 11.1 Å². The second-order valence-corrected chi connectivity index (χ2v) is 5.29. The van der Waals surface area contributed by atoms with E-state index in [9.17, 15) is 9.59 Å². The molecule has 7 nitrogen and oxygen atoms in total. The molecule has 7 heteroatoms. The maximum atomic E-state index is 12.0. The first-order valence-corrected chi connectivity index (χ1v) is 7.58. The van der Waals surface area contributed by atoms with Crippen LogP contribution in [0.5, 0.6) is 0 Å². The summed E-state index contributed by atoms with van der Waals surface area (Å²) in [7, 11) is 0. The molecule has 3 aromatic rings. The third kappa shape index (κ3) is 3.10. The molecule has 0 unspecified atom stereocenters. The lowest BCUT2D eigenvalue weighted by Gasteiger charge is -2.04. The summed E-state index contributed by atoms with van der Waals surface area (Å²) in [4.78, 5) is 35.1. The van der Waals surface area contributed by atoms with Crippen LogP contribution >= 0.6 is 0 Å². The van der Waals surface area contributed by atoms with Crippen molar-refractivity contribution in [2.45, 2.75) is 13.8 Å². The van der Waals surface area contributed by atoms with E-state index in [4.69, 9.17) is 0 Å². The number of Topliss-reactive ketones (excluding diaryl/α,β-unsaturated/α-hetero) is 1. The fourth-order valence-electron chi connectivity index (χ4n) is 2.46. The Balaban J connectivity index is 2.08. The van der Waals surface area contributed by atoms with Crippen LogP contribution in [-0.4, -0.2) is 33.3 Å². The molecule has 0 radical (unpaired) electrons. The highest BCUT2D eigenvalue weighted by molar-refractivity contribution is 6.07. The summed E-state index contributed by atoms with van der Waals surface area (Å²) in [5.74, 6) is 0.198. The number of anilines is 1. The molecule has 3 rings (SSSR count). The lowest BCUT2D eigenvalue weighted by molar-refractivity contribution is 0.101. The molecule has 2 amide bonds. The van der Waals surface area contributed by atoms with Crippen LogP contribution in [0.4, 0.5) is 10.7 Å². The van der Waals surface area contributed by atoms with Gasteiger partial charge in [-0.2, -0.15) is 0 Å². The number of aromatic nitrogens is 3. The number of amides is 2. The molecule has 0 bridgehead atoms. The van der Waals surface area contributed by atoms with Crippen LogP contribution in [0, 0.1) is 0 Å². The quantitative estimate of drug-likeness (QED) is 0.643. The van der Waals surface area contributed by atoms with Gasteiger partial charge in [-0.25, -0.2) is 9.78 Å². The molecule has 0 saturated carbocycles. The van der Waals surface area contributed by atoms with E-state index < -0.39 is 0 Å². The van der Waals surface area contributed by atoms with Crippen molar-refractivity contribution >= 4 is 28.8 Å². The van der Waals surface area contributed by atoms with Crippen LogP contribution in [0.15, 0.2) is 36.7 Å². The molecule has 122 valence electrons. The fraction of sp³-hybridized carbons (Fsp3) is 0.176. The summed E-state index contributed by atoms with van der Waals surface area (Å²) in [5, 5.41) is 5.25. The molecule has 0 fully saturated rings. The second kappa shape index (κ2) is 6.49. The second-order valence-electron chi connectivity index (χ2n) is 5.29. The number of fused-ring (bicyclic) bond motifs is 1. The lowest BCUT2D eigenvalue weighted by atomic mass is 10.0. The van der Waals surface area contributed by atoms with Gasteiger partial charge in [0.05, 0.1) is 5.52 Å². The van der Waals surface area contributed by atoms with Gasteiger partial charge < -0.3 is 10.3 Å². The number of aromatic amines is 1. The Morgan fingerprint density at radius 3 is 2.75 bits per heavy atom. The number of urea groups is 1. The predicted octanol–water partition coefficient (Wildman–Crippen LogP) is 2.97. The summed E-state index contributed by atoms with van der Waals surface area (Å²) in [6, 6.07) is 7.07. The van der Waals surface area contributed by atoms with Crippen LogP contribution in [0.25, 0.3) is 22.2 Å². The highest BCUT2D eigenvalue weighted by atomic mass is 16.2. The molecule has 0 aliphatic heterocycles. The first-order valence-electron chi connectivity index (χ1n) is 7.58. The van der Waals surface area contributed by atoms with Gasteiger partial charge in [-0.3, -0.25) is 15.1 Å². The topological polar surface area (TPSA) is 99.8 Å². The van der Waals surface area contributed by atoms with Crippen LogP contribution in [-0.2, 0) is 0 Å². The largest absolute Gasteiger partial charge is 0.338 e. The van der Waals surface area contributed by atoms with Crippen molar-refractivity contribution < 1.29 is 9.59 Å². The predicted molar refractivity (Wildman–Crippen MR) is 92.0 cm³/mol. The monoisotopic (exact) mass is 323 g/mol. The molecule has 1 aromatic carbocycles. The smallest absolute Gasteiger partial charge is 0.321 e. The van der Waals surface area contributed by atoms with Crippen molar-refractivity contribution in [3.63, 3.8) is 0 Å². The Bertz CT molecular complexity index is 902. The van der Waals surface area contributed by atoms with E-state index >= 15 is 0 Å². The van der Waals surface area contributed by atoms with Gasteiger partial charge in [0.2, 0.25) is 5.95 Å². The van der Waals surface area contributed by atoms with Crippen molar-refractivity contribution in [1.29, 1.82) is 0 Å². The third-order valence-corrected chi connectivity index (χ3v) is 3.53. The maximum absolute atomic E-state index is 12.0. The van der Waals surface area contributed by atoms with Crippen molar-refractivity contribution in [1.82, 2.24) is 20.3 Å². The molecule has 0 spiro atoms. The number of carbonyl (C=O) groups excluding carboxylic acids is 2. The van der Waals surface area contributed by atoms with Gasteiger partial charge in [-0.1, -0.05) is 6.07 Å². The van der Waals surface area contributed by atoms with Gasteiger partial charge in [0, 0.05) is 30.1 Å². The number of nitrogens with one attached hydrogen (secondary N) is 3. The van der Waals surface area contributed by atoms with E-state index in [0.717, 1.165) is 11.1 Å². The Morgan fingerprint density at radius 1 is 1.25 bits per heavy atom. The van der Waals surface area contributed by atoms with E-state index in [0.29, 0.717) is 29.1 Å². The molecule has 0 aliphatic rings. The van der Waals surface area contributed by atoms with Crippen LogP contribution in [0.1, 0.15) is 24.2 Å². The van der Waals surface area contributed by atoms with E-state index in [-0.39, 0.29) is 11.8 Å². The zero-order valence-corrected chi connectivity index (χ0v) is 13.4. The number of pyridine rings is 1. The van der Waals surface area contributed by atoms with Gasteiger partial charge in [-0.05, 0) is 37.6 Å². The van der Waals surface area contributed by atoms with Gasteiger partial charge in [-0.15, -0.1) is 0 Å². The molecule has 24 heavy (non-hydrogen) atoms. The van der Waals surface area contributed by atoms with Crippen LogP contribution in [0.3, 0.4) is 0 Å². The third-order valence-electron chi connectivity index (χ3n) is 3.53. The number of hydrogen-bond donors (Lipinski definition) is 3. The van der Waals surface area contributed by atoms with Gasteiger partial charge in [0.1, 0.15) is 5.52 Å². The number of carbonyl (C=O) groups is 2. The standard InChI is InChI=1S/C17H17N5O2/c1-3-19-17(24)22-16-20-14-8-12(11-5-4-6-18-9-11)7-13(10(2)23)15(14)21-16/h4-9H,3H2,1-2H3,(H3,19,20,21,22,24). The highest BCUT2D eigenvalue weighted by Crippen LogP contribution is 2.27. The number of rotatable bonds is 4. The van der Waals surface area contributed by atoms with E-state index in [1.165, 1.54) is 6.92 Å². The molecular formula is C17H17N5O2. The molecule has 0 aliphatic carbocycles. The Morgan fingerprint density at radius 2 is 2.08 bits per heavy atom. The Kier molecular flexibility index (Phi) is 4.24. The van der Waals surface area contributed by atoms with Crippen molar-refractivity contribution in [2.24, 2.45) is 0 Å². The summed E-state index contributed by atoms with van der Waals surface area (Å²) in [6.45, 7) is 3.83. The molecule has 0 saturated heterocycles. The zero-order chi connectivity index (χ0) is 17.1. The first-order chi connectivity index (χ1) is 11.6. The first kappa shape index (κ1) is 15.7. The Hall–Kier alpha value is -3.22. The van der Waals surface area contributed by atoms with Crippen LogP contribution < -0.4 is 10.6 Å². The van der Waals surface area contributed by atoms with E-state index in [2.05, 4.69) is 25.6 Å². The molecule has 2 aromatic heterocycles. The van der Waals surface area contributed by atoms with E-state index in [1.54, 1.807) is 18.5 Å². The fourth-order valence-corrected chi connectivity index (χ4v) is 2.46. The number of imidazole rings is 1. The summed E-state index contributed by atoms with van der Waals surface area (Å²) in [6.07, 6.45) is 3.42. The summed E-state index contributed by atoms with van der Waals surface area (Å²) < 4.78 is 0. The number of hydrogen-bond acceptors (Lipinski definition) is 4. The summed E-state index contributed by atoms with van der Waals surface area (Å²) in [5.41, 5.74) is 3.45. The normalized spacial score (nSPS) is 10.6. The number of ketones is 1. The molecule has 0 atom stereocenters. The average molecular weight is 323 g/mol. The minimum Gasteiger partial charge on any atom is -0.338 e. The number of nitrogens with zero attached hydrogens (tertiary/aromatic N) is 2. The number of H-pyrrole nitrogens is 1. The average Bonchev–Trinajstić information content (AvgIpc) is 2.96. The summed E-state index contributed by atoms with van der Waals surface area (Å²) >= 11 is 0. The molecule has 3 N–H and O–H groups in total. The Labute approximate surface area is 138 Å². The van der Waals surface area contributed by atoms with Gasteiger partial charge in [0.25, 0.3) is 0 Å². The van der Waals surface area contributed by atoms with Gasteiger partial charge in [0.15, 0.2) is 5.78 Å². The molecular weight excluding hydrogens is 306 g/mol. The molecule has 2 heterocycles. The van der Waals surface area contributed by atoms with E-state index in [1.807, 2.05) is 25.1 Å². The minimum absolute atomic E-state index is 0.0956. The highest BCUT2D eigenvalue weighted by Gasteiger charge is 2.14. The maximum Gasteiger partial charge on any atom is 0.321 e. The number of benzene rings is 1. The minimum atomic E-state index is -0.353. The lowest BCUT2D eigenvalue weighted by Crippen LogP contribution is -2.28. The SMILES string of the molecule is CCNC(=O)Nc1nc2c(C(C)=O)cc(-c3cccnc3)cc2[nH]1. The van der Waals surface area contributed by atoms with Gasteiger partial charge >= 0.3 is 6.03 Å². The van der Waals surface area contributed by atoms with Crippen molar-refractivity contribution in [3.05, 3.63) is 42.2 Å². The zero-order valence-electron chi connectivity index (χ0n) is 13.4. The van der Waals surface area contributed by atoms with Crippen LogP contribution in [0.2, 0.25) is 0 Å².